The third-order valence-corrected chi connectivity index (χ3v) is 5.99. The van der Waals surface area contributed by atoms with Gasteiger partial charge in [-0.25, -0.2) is 8.42 Å². The van der Waals surface area contributed by atoms with Gasteiger partial charge in [0.1, 0.15) is 0 Å². The molecule has 7 heteroatoms. The summed E-state index contributed by atoms with van der Waals surface area (Å²) in [6, 6.07) is 0. The maximum Gasteiger partial charge on any atom is 0.249 e. The van der Waals surface area contributed by atoms with Gasteiger partial charge in [-0.05, 0) is 18.9 Å². The van der Waals surface area contributed by atoms with Crippen LogP contribution in [-0.2, 0) is 14.8 Å². The molecule has 0 radical (unpaired) electrons. The Kier molecular flexibility index (Phi) is 4.82. The lowest BCUT2D eigenvalue weighted by Gasteiger charge is -2.35. The molecule has 1 amide bonds. The molecule has 0 aromatic carbocycles. The Morgan fingerprint density at radius 2 is 1.80 bits per heavy atom. The number of amides is 1. The van der Waals surface area contributed by atoms with Crippen LogP contribution in [0.2, 0.25) is 0 Å². The lowest BCUT2D eigenvalue weighted by molar-refractivity contribution is -0.128. The van der Waals surface area contributed by atoms with Gasteiger partial charge in [0.05, 0.1) is 5.75 Å². The molecule has 0 unspecified atom stereocenters. The van der Waals surface area contributed by atoms with Crippen molar-refractivity contribution in [3.8, 4) is 0 Å². The number of carbonyl (C=O) groups is 1. The fourth-order valence-electron chi connectivity index (χ4n) is 2.46. The monoisotopic (exact) mass is 301 g/mol. The second kappa shape index (κ2) is 6.24. The average molecular weight is 301 g/mol. The molecule has 6 nitrogen and oxygen atoms in total. The molecule has 0 bridgehead atoms. The summed E-state index contributed by atoms with van der Waals surface area (Å²) < 4.78 is 25.4. The average Bonchev–Trinajstić information content (AvgIpc) is 2.36. The van der Waals surface area contributed by atoms with Gasteiger partial charge in [0.15, 0.2) is 0 Å². The predicted molar refractivity (Wildman–Crippen MR) is 77.8 cm³/mol. The van der Waals surface area contributed by atoms with Gasteiger partial charge in [-0.3, -0.25) is 4.79 Å². The summed E-state index contributed by atoms with van der Waals surface area (Å²) in [5.41, 5.74) is 1.98. The molecule has 2 aliphatic rings. The summed E-state index contributed by atoms with van der Waals surface area (Å²) in [7, 11) is -3.14. The SMILES string of the molecule is CCCS(=O)(=O)N1CCN(C(=O)C(C)=C2CNC2)CC1. The molecule has 2 rings (SSSR count). The Bertz CT molecular complexity index is 499. The molecule has 2 aliphatic heterocycles. The zero-order valence-corrected chi connectivity index (χ0v) is 13.0. The number of rotatable bonds is 4. The van der Waals surface area contributed by atoms with Gasteiger partial charge in [0, 0.05) is 44.8 Å². The van der Waals surface area contributed by atoms with Crippen LogP contribution in [0.4, 0.5) is 0 Å². The van der Waals surface area contributed by atoms with Crippen molar-refractivity contribution < 1.29 is 13.2 Å². The summed E-state index contributed by atoms with van der Waals surface area (Å²) in [5.74, 6) is 0.240. The number of piperazine rings is 1. The minimum atomic E-state index is -3.14. The Morgan fingerprint density at radius 3 is 2.25 bits per heavy atom. The van der Waals surface area contributed by atoms with Gasteiger partial charge >= 0.3 is 0 Å². The van der Waals surface area contributed by atoms with Gasteiger partial charge in [0.25, 0.3) is 0 Å². The summed E-state index contributed by atoms with van der Waals surface area (Å²) in [6.45, 7) is 7.10. The first-order valence-electron chi connectivity index (χ1n) is 7.12. The number of sulfonamides is 1. The molecule has 0 spiro atoms. The van der Waals surface area contributed by atoms with Gasteiger partial charge in [-0.1, -0.05) is 6.92 Å². The van der Waals surface area contributed by atoms with Crippen LogP contribution in [-0.4, -0.2) is 68.6 Å². The molecule has 0 aliphatic carbocycles. The van der Waals surface area contributed by atoms with Crippen LogP contribution < -0.4 is 5.32 Å². The highest BCUT2D eigenvalue weighted by atomic mass is 32.2. The maximum absolute atomic E-state index is 12.3. The lowest BCUT2D eigenvalue weighted by atomic mass is 10.0. The highest BCUT2D eigenvalue weighted by Crippen LogP contribution is 2.15. The summed E-state index contributed by atoms with van der Waals surface area (Å²) in [5, 5.41) is 3.12. The van der Waals surface area contributed by atoms with E-state index < -0.39 is 10.0 Å². The van der Waals surface area contributed by atoms with Gasteiger partial charge in [-0.2, -0.15) is 4.31 Å². The van der Waals surface area contributed by atoms with Crippen LogP contribution in [0.15, 0.2) is 11.1 Å². The van der Waals surface area contributed by atoms with Crippen molar-refractivity contribution in [2.24, 2.45) is 0 Å². The van der Waals surface area contributed by atoms with E-state index in [1.807, 2.05) is 13.8 Å². The molecule has 114 valence electrons. The molecule has 0 aromatic heterocycles. The number of carbonyl (C=O) groups excluding carboxylic acids is 1. The zero-order valence-electron chi connectivity index (χ0n) is 12.2. The van der Waals surface area contributed by atoms with Gasteiger partial charge < -0.3 is 10.2 Å². The van der Waals surface area contributed by atoms with E-state index in [9.17, 15) is 13.2 Å². The normalized spacial score (nSPS) is 20.7. The first-order valence-corrected chi connectivity index (χ1v) is 8.73. The Balaban J connectivity index is 1.93. The largest absolute Gasteiger partial charge is 0.336 e. The minimum absolute atomic E-state index is 0.0500. The molecule has 0 atom stereocenters. The van der Waals surface area contributed by atoms with E-state index in [1.54, 1.807) is 4.90 Å². The van der Waals surface area contributed by atoms with Crippen molar-refractivity contribution in [3.05, 3.63) is 11.1 Å². The first-order chi connectivity index (χ1) is 9.45. The third-order valence-electron chi connectivity index (χ3n) is 3.91. The molecule has 20 heavy (non-hydrogen) atoms. The number of nitrogens with one attached hydrogen (secondary N) is 1. The summed E-state index contributed by atoms with van der Waals surface area (Å²) >= 11 is 0. The second-order valence-corrected chi connectivity index (χ2v) is 7.43. The number of nitrogens with zero attached hydrogens (tertiary/aromatic N) is 2. The van der Waals surface area contributed by atoms with E-state index in [0.717, 1.165) is 24.2 Å². The molecule has 0 aromatic rings. The molecule has 1 N–H and O–H groups in total. The van der Waals surface area contributed by atoms with Gasteiger partial charge in [0.2, 0.25) is 15.9 Å². The van der Waals surface area contributed by atoms with Crippen molar-refractivity contribution in [1.29, 1.82) is 0 Å². The van der Waals surface area contributed by atoms with Crippen molar-refractivity contribution in [2.75, 3.05) is 45.0 Å². The van der Waals surface area contributed by atoms with Crippen molar-refractivity contribution in [2.45, 2.75) is 20.3 Å². The smallest absolute Gasteiger partial charge is 0.249 e. The highest BCUT2D eigenvalue weighted by Gasteiger charge is 2.29. The van der Waals surface area contributed by atoms with E-state index in [-0.39, 0.29) is 11.7 Å². The van der Waals surface area contributed by atoms with Gasteiger partial charge in [-0.15, -0.1) is 0 Å². The van der Waals surface area contributed by atoms with E-state index in [4.69, 9.17) is 0 Å². The van der Waals surface area contributed by atoms with Crippen LogP contribution in [0.1, 0.15) is 20.3 Å². The van der Waals surface area contributed by atoms with Crippen LogP contribution in [0.5, 0.6) is 0 Å². The van der Waals surface area contributed by atoms with E-state index >= 15 is 0 Å². The fraction of sp³-hybridized carbons (Fsp3) is 0.769. The Morgan fingerprint density at radius 1 is 1.20 bits per heavy atom. The molecular weight excluding hydrogens is 278 g/mol. The number of hydrogen-bond acceptors (Lipinski definition) is 4. The molecule has 2 fully saturated rings. The van der Waals surface area contributed by atoms with E-state index in [2.05, 4.69) is 5.32 Å². The van der Waals surface area contributed by atoms with E-state index in [1.165, 1.54) is 4.31 Å². The second-order valence-electron chi connectivity index (χ2n) is 5.34. The maximum atomic E-state index is 12.3. The minimum Gasteiger partial charge on any atom is -0.336 e. The molecular formula is C13H23N3O3S. The fourth-order valence-corrected chi connectivity index (χ4v) is 3.95. The Labute approximate surface area is 120 Å². The quantitative estimate of drug-likeness (QED) is 0.730. The van der Waals surface area contributed by atoms with Crippen molar-refractivity contribution >= 4 is 15.9 Å². The van der Waals surface area contributed by atoms with Crippen molar-refractivity contribution in [3.63, 3.8) is 0 Å². The Hall–Kier alpha value is -0.920. The van der Waals surface area contributed by atoms with Crippen LogP contribution in [0, 0.1) is 0 Å². The lowest BCUT2D eigenvalue weighted by Crippen LogP contribution is -2.51. The van der Waals surface area contributed by atoms with Crippen LogP contribution in [0.3, 0.4) is 0 Å². The highest BCUT2D eigenvalue weighted by molar-refractivity contribution is 7.89. The predicted octanol–water partition coefficient (Wildman–Crippen LogP) is -0.210. The van der Waals surface area contributed by atoms with Crippen molar-refractivity contribution in [1.82, 2.24) is 14.5 Å². The number of hydrogen-bond donors (Lipinski definition) is 1. The van der Waals surface area contributed by atoms with Crippen LogP contribution in [0.25, 0.3) is 0 Å². The standard InChI is InChI=1S/C13H23N3O3S/c1-3-8-20(18,19)16-6-4-15(5-7-16)13(17)11(2)12-9-14-10-12/h14H,3-10H2,1-2H3. The molecule has 2 saturated heterocycles. The molecule has 0 saturated carbocycles. The summed E-state index contributed by atoms with van der Waals surface area (Å²) in [4.78, 5) is 14.0. The first kappa shape index (κ1) is 15.5. The molecule has 2 heterocycles. The zero-order chi connectivity index (χ0) is 14.8. The topological polar surface area (TPSA) is 69.7 Å². The van der Waals surface area contributed by atoms with E-state index in [0.29, 0.717) is 32.6 Å². The summed E-state index contributed by atoms with van der Waals surface area (Å²) in [6.07, 6.45) is 0.625. The van der Waals surface area contributed by atoms with Crippen LogP contribution >= 0.6 is 0 Å². The third kappa shape index (κ3) is 3.21.